The Balaban J connectivity index is 1.90. The van der Waals surface area contributed by atoms with Gasteiger partial charge in [-0.2, -0.15) is 5.10 Å². The molecular formula is C17H12BrN3. The Morgan fingerprint density at radius 3 is 2.67 bits per heavy atom. The van der Waals surface area contributed by atoms with Crippen molar-refractivity contribution in [2.24, 2.45) is 0 Å². The van der Waals surface area contributed by atoms with Crippen LogP contribution in [-0.4, -0.2) is 14.6 Å². The van der Waals surface area contributed by atoms with Gasteiger partial charge in [-0.1, -0.05) is 35.9 Å². The SMILES string of the molecule is Cc1ccc2cc(-c3ccc4ncc(Br)n4n3)ccc2c1. The van der Waals surface area contributed by atoms with Crippen molar-refractivity contribution < 1.29 is 0 Å². The minimum atomic E-state index is 0.835. The summed E-state index contributed by atoms with van der Waals surface area (Å²) in [4.78, 5) is 4.27. The van der Waals surface area contributed by atoms with Crippen LogP contribution in [0, 0.1) is 6.92 Å². The number of rotatable bonds is 1. The molecule has 0 aliphatic rings. The van der Waals surface area contributed by atoms with E-state index in [4.69, 9.17) is 0 Å². The molecule has 0 fully saturated rings. The average molecular weight is 338 g/mol. The molecule has 4 heteroatoms. The Labute approximate surface area is 130 Å². The van der Waals surface area contributed by atoms with Crippen LogP contribution in [0.5, 0.6) is 0 Å². The predicted octanol–water partition coefficient (Wildman–Crippen LogP) is 4.62. The molecule has 0 saturated carbocycles. The number of imidazole rings is 1. The third-order valence-electron chi connectivity index (χ3n) is 3.61. The van der Waals surface area contributed by atoms with Gasteiger partial charge in [0.2, 0.25) is 0 Å². The van der Waals surface area contributed by atoms with Crippen LogP contribution in [-0.2, 0) is 0 Å². The summed E-state index contributed by atoms with van der Waals surface area (Å²) in [5.74, 6) is 0. The normalized spacial score (nSPS) is 11.3. The first-order chi connectivity index (χ1) is 10.2. The Bertz CT molecular complexity index is 972. The lowest BCUT2D eigenvalue weighted by molar-refractivity contribution is 0.922. The highest BCUT2D eigenvalue weighted by Gasteiger charge is 2.06. The molecule has 4 aromatic rings. The summed E-state index contributed by atoms with van der Waals surface area (Å²) in [5.41, 5.74) is 4.15. The van der Waals surface area contributed by atoms with Crippen LogP contribution in [0.3, 0.4) is 0 Å². The van der Waals surface area contributed by atoms with Crippen molar-refractivity contribution in [2.45, 2.75) is 6.92 Å². The highest BCUT2D eigenvalue weighted by atomic mass is 79.9. The van der Waals surface area contributed by atoms with E-state index in [0.29, 0.717) is 0 Å². The zero-order valence-electron chi connectivity index (χ0n) is 11.4. The Kier molecular flexibility index (Phi) is 2.79. The smallest absolute Gasteiger partial charge is 0.154 e. The molecule has 3 nitrogen and oxygen atoms in total. The molecular weight excluding hydrogens is 326 g/mol. The third kappa shape index (κ3) is 2.12. The zero-order chi connectivity index (χ0) is 14.4. The van der Waals surface area contributed by atoms with Gasteiger partial charge in [0, 0.05) is 5.56 Å². The second-order valence-corrected chi connectivity index (χ2v) is 5.95. The van der Waals surface area contributed by atoms with E-state index in [1.54, 1.807) is 10.7 Å². The van der Waals surface area contributed by atoms with Crippen molar-refractivity contribution in [1.82, 2.24) is 14.6 Å². The Hall–Kier alpha value is -2.20. The van der Waals surface area contributed by atoms with E-state index in [1.165, 1.54) is 16.3 Å². The van der Waals surface area contributed by atoms with Crippen molar-refractivity contribution in [3.05, 3.63) is 64.9 Å². The fourth-order valence-electron chi connectivity index (χ4n) is 2.52. The highest BCUT2D eigenvalue weighted by molar-refractivity contribution is 9.10. The van der Waals surface area contributed by atoms with Gasteiger partial charge in [0.15, 0.2) is 5.65 Å². The Morgan fingerprint density at radius 1 is 0.952 bits per heavy atom. The summed E-state index contributed by atoms with van der Waals surface area (Å²) in [7, 11) is 0. The number of benzene rings is 2. The van der Waals surface area contributed by atoms with E-state index in [2.05, 4.69) is 69.3 Å². The number of nitrogens with zero attached hydrogens (tertiary/aromatic N) is 3. The molecule has 0 radical (unpaired) electrons. The van der Waals surface area contributed by atoms with Gasteiger partial charge in [-0.3, -0.25) is 0 Å². The van der Waals surface area contributed by atoms with Gasteiger partial charge in [0.1, 0.15) is 4.60 Å². The van der Waals surface area contributed by atoms with Gasteiger partial charge < -0.3 is 0 Å². The first-order valence-corrected chi connectivity index (χ1v) is 7.51. The highest BCUT2D eigenvalue weighted by Crippen LogP contribution is 2.24. The fourth-order valence-corrected chi connectivity index (χ4v) is 2.89. The second kappa shape index (κ2) is 4.67. The molecule has 2 aromatic heterocycles. The van der Waals surface area contributed by atoms with Crippen molar-refractivity contribution in [1.29, 1.82) is 0 Å². The molecule has 4 rings (SSSR count). The summed E-state index contributed by atoms with van der Waals surface area (Å²) in [5, 5.41) is 7.12. The number of aryl methyl sites for hydroxylation is 1. The van der Waals surface area contributed by atoms with E-state index in [0.717, 1.165) is 21.5 Å². The van der Waals surface area contributed by atoms with E-state index in [9.17, 15) is 0 Å². The standard InChI is InChI=1S/C17H12BrN3/c1-11-2-3-13-9-14(5-4-12(13)8-11)15-6-7-17-19-10-16(18)21(17)20-15/h2-10H,1H3. The van der Waals surface area contributed by atoms with Gasteiger partial charge in [0.05, 0.1) is 11.9 Å². The van der Waals surface area contributed by atoms with Gasteiger partial charge >= 0.3 is 0 Å². The summed E-state index contributed by atoms with van der Waals surface area (Å²) in [6, 6.07) is 16.9. The van der Waals surface area contributed by atoms with Gasteiger partial charge in [-0.25, -0.2) is 9.50 Å². The largest absolute Gasteiger partial charge is 0.234 e. The van der Waals surface area contributed by atoms with Crippen LogP contribution >= 0.6 is 15.9 Å². The first kappa shape index (κ1) is 12.5. The van der Waals surface area contributed by atoms with E-state index in [-0.39, 0.29) is 0 Å². The molecule has 0 aliphatic heterocycles. The van der Waals surface area contributed by atoms with E-state index < -0.39 is 0 Å². The molecule has 0 amide bonds. The topological polar surface area (TPSA) is 30.2 Å². The zero-order valence-corrected chi connectivity index (χ0v) is 13.0. The van der Waals surface area contributed by atoms with Crippen LogP contribution in [0.15, 0.2) is 59.3 Å². The maximum atomic E-state index is 4.64. The molecule has 0 saturated heterocycles. The van der Waals surface area contributed by atoms with Crippen LogP contribution in [0.1, 0.15) is 5.56 Å². The van der Waals surface area contributed by atoms with Gasteiger partial charge in [-0.05, 0) is 51.8 Å². The Morgan fingerprint density at radius 2 is 1.76 bits per heavy atom. The first-order valence-electron chi connectivity index (χ1n) is 6.72. The quantitative estimate of drug-likeness (QED) is 0.507. The fraction of sp³-hybridized carbons (Fsp3) is 0.0588. The molecule has 21 heavy (non-hydrogen) atoms. The number of aromatic nitrogens is 3. The van der Waals surface area contributed by atoms with Crippen molar-refractivity contribution >= 4 is 32.3 Å². The molecule has 0 atom stereocenters. The minimum absolute atomic E-state index is 0.835. The lowest BCUT2D eigenvalue weighted by atomic mass is 10.0. The lowest BCUT2D eigenvalue weighted by Crippen LogP contribution is -1.94. The number of hydrogen-bond donors (Lipinski definition) is 0. The molecule has 0 bridgehead atoms. The molecule has 2 heterocycles. The third-order valence-corrected chi connectivity index (χ3v) is 4.15. The average Bonchev–Trinajstić information content (AvgIpc) is 2.88. The molecule has 0 spiro atoms. The minimum Gasteiger partial charge on any atom is -0.234 e. The monoisotopic (exact) mass is 337 g/mol. The predicted molar refractivity (Wildman–Crippen MR) is 88.4 cm³/mol. The molecule has 0 N–H and O–H groups in total. The van der Waals surface area contributed by atoms with Crippen LogP contribution in [0.25, 0.3) is 27.7 Å². The summed E-state index contributed by atoms with van der Waals surface area (Å²) >= 11 is 3.46. The number of halogens is 1. The van der Waals surface area contributed by atoms with Crippen LogP contribution in [0.4, 0.5) is 0 Å². The van der Waals surface area contributed by atoms with Crippen molar-refractivity contribution in [2.75, 3.05) is 0 Å². The maximum absolute atomic E-state index is 4.64. The number of hydrogen-bond acceptors (Lipinski definition) is 2. The van der Waals surface area contributed by atoms with Gasteiger partial charge in [0.25, 0.3) is 0 Å². The lowest BCUT2D eigenvalue weighted by Gasteiger charge is -2.05. The summed E-state index contributed by atoms with van der Waals surface area (Å²) < 4.78 is 2.66. The van der Waals surface area contributed by atoms with Crippen molar-refractivity contribution in [3.8, 4) is 11.3 Å². The molecule has 102 valence electrons. The van der Waals surface area contributed by atoms with E-state index >= 15 is 0 Å². The van der Waals surface area contributed by atoms with Crippen LogP contribution in [0.2, 0.25) is 0 Å². The number of fused-ring (bicyclic) bond motifs is 2. The van der Waals surface area contributed by atoms with E-state index in [1.807, 2.05) is 12.1 Å². The molecule has 0 unspecified atom stereocenters. The van der Waals surface area contributed by atoms with Crippen molar-refractivity contribution in [3.63, 3.8) is 0 Å². The summed E-state index contributed by atoms with van der Waals surface area (Å²) in [6.45, 7) is 2.11. The maximum Gasteiger partial charge on any atom is 0.154 e. The molecule has 2 aromatic carbocycles. The summed E-state index contributed by atoms with van der Waals surface area (Å²) in [6.07, 6.45) is 1.76. The second-order valence-electron chi connectivity index (χ2n) is 5.13. The molecule has 0 aliphatic carbocycles. The van der Waals surface area contributed by atoms with Gasteiger partial charge in [-0.15, -0.1) is 0 Å². The van der Waals surface area contributed by atoms with Crippen LogP contribution < -0.4 is 0 Å².